The molecule has 4 nitrogen and oxygen atoms in total. The highest BCUT2D eigenvalue weighted by Gasteiger charge is 2.21. The van der Waals surface area contributed by atoms with Crippen molar-refractivity contribution >= 4 is 17.2 Å². The summed E-state index contributed by atoms with van der Waals surface area (Å²) < 4.78 is 18.7. The molecule has 0 aliphatic carbocycles. The zero-order chi connectivity index (χ0) is 19.3. The molecule has 4 rings (SSSR count). The number of amides is 1. The number of rotatable bonds is 6. The van der Waals surface area contributed by atoms with Crippen LogP contribution < -0.4 is 0 Å². The number of carbonyl (C=O) groups excluding carboxylic acids is 1. The van der Waals surface area contributed by atoms with Gasteiger partial charge in [0.25, 0.3) is 0 Å². The third-order valence-corrected chi connectivity index (χ3v) is 6.16. The van der Waals surface area contributed by atoms with E-state index in [-0.39, 0.29) is 11.7 Å². The Morgan fingerprint density at radius 2 is 1.93 bits per heavy atom. The molecular weight excluding hydrogens is 375 g/mol. The highest BCUT2D eigenvalue weighted by atomic mass is 32.1. The van der Waals surface area contributed by atoms with E-state index in [1.807, 2.05) is 23.1 Å². The summed E-state index contributed by atoms with van der Waals surface area (Å²) in [7, 11) is 0. The molecule has 0 saturated carbocycles. The van der Waals surface area contributed by atoms with E-state index >= 15 is 0 Å². The van der Waals surface area contributed by atoms with Crippen molar-refractivity contribution in [2.24, 2.45) is 0 Å². The third-order valence-electron chi connectivity index (χ3n) is 5.04. The zero-order valence-corrected chi connectivity index (χ0v) is 16.5. The SMILES string of the molecule is O=C(CCc1ccco1)N1CCN(Cc2ccc(-c3cccc(F)c3)s2)CC1. The maximum absolute atomic E-state index is 13.4. The van der Waals surface area contributed by atoms with E-state index in [0.717, 1.165) is 48.9 Å². The Morgan fingerprint density at radius 1 is 1.07 bits per heavy atom. The molecule has 1 aliphatic rings. The minimum Gasteiger partial charge on any atom is -0.469 e. The molecule has 0 bridgehead atoms. The number of hydrogen-bond donors (Lipinski definition) is 0. The van der Waals surface area contributed by atoms with Crippen molar-refractivity contribution in [1.29, 1.82) is 0 Å². The first-order valence-corrected chi connectivity index (χ1v) is 10.4. The van der Waals surface area contributed by atoms with Gasteiger partial charge in [0.05, 0.1) is 6.26 Å². The minimum atomic E-state index is -0.208. The number of thiophene rings is 1. The van der Waals surface area contributed by atoms with E-state index in [4.69, 9.17) is 4.42 Å². The fourth-order valence-corrected chi connectivity index (χ4v) is 4.53. The second-order valence-electron chi connectivity index (χ2n) is 7.01. The summed E-state index contributed by atoms with van der Waals surface area (Å²) >= 11 is 1.70. The number of hydrogen-bond acceptors (Lipinski definition) is 4. The summed E-state index contributed by atoms with van der Waals surface area (Å²) in [5.41, 5.74) is 0.920. The molecule has 1 fully saturated rings. The summed E-state index contributed by atoms with van der Waals surface area (Å²) in [6, 6.07) is 14.6. The Bertz CT molecular complexity index is 914. The number of nitrogens with zero attached hydrogens (tertiary/aromatic N) is 2. The molecule has 0 unspecified atom stereocenters. The van der Waals surface area contributed by atoms with Crippen molar-refractivity contribution in [1.82, 2.24) is 9.80 Å². The Labute approximate surface area is 168 Å². The minimum absolute atomic E-state index is 0.195. The lowest BCUT2D eigenvalue weighted by Crippen LogP contribution is -2.48. The monoisotopic (exact) mass is 398 g/mol. The number of aryl methyl sites for hydroxylation is 1. The zero-order valence-electron chi connectivity index (χ0n) is 15.6. The van der Waals surface area contributed by atoms with Gasteiger partial charge < -0.3 is 9.32 Å². The molecule has 0 N–H and O–H groups in total. The molecule has 1 aromatic carbocycles. The van der Waals surface area contributed by atoms with Crippen molar-refractivity contribution < 1.29 is 13.6 Å². The van der Waals surface area contributed by atoms with Crippen LogP contribution in [0.5, 0.6) is 0 Å². The van der Waals surface area contributed by atoms with Crippen molar-refractivity contribution in [3.05, 3.63) is 71.2 Å². The second-order valence-corrected chi connectivity index (χ2v) is 8.18. The number of carbonyl (C=O) groups is 1. The highest BCUT2D eigenvalue weighted by molar-refractivity contribution is 7.15. The Morgan fingerprint density at radius 3 is 2.68 bits per heavy atom. The maximum Gasteiger partial charge on any atom is 0.223 e. The fraction of sp³-hybridized carbons (Fsp3) is 0.318. The van der Waals surface area contributed by atoms with Gasteiger partial charge in [0.15, 0.2) is 0 Å². The van der Waals surface area contributed by atoms with E-state index in [0.29, 0.717) is 12.8 Å². The van der Waals surface area contributed by atoms with Crippen molar-refractivity contribution in [2.75, 3.05) is 26.2 Å². The normalized spacial score (nSPS) is 15.1. The van der Waals surface area contributed by atoms with E-state index in [1.165, 1.54) is 10.9 Å². The number of furan rings is 1. The average molecular weight is 399 g/mol. The summed E-state index contributed by atoms with van der Waals surface area (Å²) in [5.74, 6) is 0.847. The topological polar surface area (TPSA) is 36.7 Å². The van der Waals surface area contributed by atoms with Gasteiger partial charge in [-0.2, -0.15) is 0 Å². The smallest absolute Gasteiger partial charge is 0.223 e. The van der Waals surface area contributed by atoms with Gasteiger partial charge in [-0.25, -0.2) is 4.39 Å². The second kappa shape index (κ2) is 8.71. The molecule has 28 heavy (non-hydrogen) atoms. The van der Waals surface area contributed by atoms with Gasteiger partial charge in [-0.15, -0.1) is 11.3 Å². The number of benzene rings is 1. The van der Waals surface area contributed by atoms with E-state index in [1.54, 1.807) is 29.7 Å². The van der Waals surface area contributed by atoms with Crippen LogP contribution in [0.4, 0.5) is 4.39 Å². The van der Waals surface area contributed by atoms with Crippen LogP contribution in [0.15, 0.2) is 59.2 Å². The fourth-order valence-electron chi connectivity index (χ4n) is 3.48. The van der Waals surface area contributed by atoms with Gasteiger partial charge in [-0.1, -0.05) is 12.1 Å². The molecule has 1 aliphatic heterocycles. The predicted octanol–water partition coefficient (Wildman–Crippen LogP) is 4.42. The van der Waals surface area contributed by atoms with E-state index < -0.39 is 0 Å². The van der Waals surface area contributed by atoms with Crippen LogP contribution in [0.3, 0.4) is 0 Å². The molecule has 146 valence electrons. The summed E-state index contributed by atoms with van der Waals surface area (Å²) in [6.45, 7) is 4.14. The van der Waals surface area contributed by atoms with Crippen molar-refractivity contribution in [3.63, 3.8) is 0 Å². The first-order chi connectivity index (χ1) is 13.7. The van der Waals surface area contributed by atoms with Crippen LogP contribution in [0.1, 0.15) is 17.1 Å². The van der Waals surface area contributed by atoms with Gasteiger partial charge in [0.1, 0.15) is 11.6 Å². The third kappa shape index (κ3) is 4.69. The van der Waals surface area contributed by atoms with Gasteiger partial charge >= 0.3 is 0 Å². The van der Waals surface area contributed by atoms with Crippen LogP contribution in [-0.4, -0.2) is 41.9 Å². The molecule has 3 heterocycles. The molecular formula is C22H23FN2O2S. The summed E-state index contributed by atoms with van der Waals surface area (Å²) in [4.78, 5) is 19.1. The summed E-state index contributed by atoms with van der Waals surface area (Å²) in [6.07, 6.45) is 2.79. The largest absolute Gasteiger partial charge is 0.469 e. The van der Waals surface area contributed by atoms with Gasteiger partial charge in [-0.05, 0) is 42.0 Å². The lowest BCUT2D eigenvalue weighted by molar-refractivity contribution is -0.133. The molecule has 1 amide bonds. The predicted molar refractivity (Wildman–Crippen MR) is 109 cm³/mol. The summed E-state index contributed by atoms with van der Waals surface area (Å²) in [5, 5.41) is 0. The maximum atomic E-state index is 13.4. The van der Waals surface area contributed by atoms with Crippen molar-refractivity contribution in [2.45, 2.75) is 19.4 Å². The van der Waals surface area contributed by atoms with Gasteiger partial charge in [0.2, 0.25) is 5.91 Å². The quantitative estimate of drug-likeness (QED) is 0.617. The van der Waals surface area contributed by atoms with Crippen LogP contribution in [0, 0.1) is 5.82 Å². The average Bonchev–Trinajstić information content (AvgIpc) is 3.39. The molecule has 0 radical (unpaired) electrons. The van der Waals surface area contributed by atoms with E-state index in [9.17, 15) is 9.18 Å². The van der Waals surface area contributed by atoms with E-state index in [2.05, 4.69) is 17.0 Å². The first-order valence-electron chi connectivity index (χ1n) is 9.54. The molecule has 6 heteroatoms. The van der Waals surface area contributed by atoms with Gasteiger partial charge in [-0.3, -0.25) is 9.69 Å². The molecule has 1 saturated heterocycles. The Hall–Kier alpha value is -2.44. The molecule has 3 aromatic rings. The Balaban J connectivity index is 1.26. The van der Waals surface area contributed by atoms with Crippen molar-refractivity contribution in [3.8, 4) is 10.4 Å². The standard InChI is InChI=1S/C22H23FN2O2S/c23-18-4-1-3-17(15-18)21-8-7-20(28-21)16-24-10-12-25(13-11-24)22(26)9-6-19-5-2-14-27-19/h1-5,7-8,14-15H,6,9-13,16H2. The molecule has 0 atom stereocenters. The van der Waals surface area contributed by atoms with Crippen LogP contribution >= 0.6 is 11.3 Å². The first kappa shape index (κ1) is 18.9. The molecule has 0 spiro atoms. The van der Waals surface area contributed by atoms with Gasteiger partial charge in [0, 0.05) is 55.3 Å². The lowest BCUT2D eigenvalue weighted by Gasteiger charge is -2.34. The highest BCUT2D eigenvalue weighted by Crippen LogP contribution is 2.29. The number of piperazine rings is 1. The molecule has 2 aromatic heterocycles. The van der Waals surface area contributed by atoms with Crippen LogP contribution in [0.2, 0.25) is 0 Å². The van der Waals surface area contributed by atoms with Crippen LogP contribution in [-0.2, 0) is 17.8 Å². The van der Waals surface area contributed by atoms with Crippen LogP contribution in [0.25, 0.3) is 10.4 Å². The Kier molecular flexibility index (Phi) is 5.88. The lowest BCUT2D eigenvalue weighted by atomic mass is 10.2. The number of halogens is 1.